The average molecular weight is 258 g/mol. The van der Waals surface area contributed by atoms with Crippen molar-refractivity contribution < 1.29 is 9.90 Å². The summed E-state index contributed by atoms with van der Waals surface area (Å²) in [6.07, 6.45) is 9.58. The molecular weight excluding hydrogens is 236 g/mol. The Morgan fingerprint density at radius 1 is 1.05 bits per heavy atom. The van der Waals surface area contributed by atoms with Gasteiger partial charge in [0, 0.05) is 0 Å². The van der Waals surface area contributed by atoms with Gasteiger partial charge in [0.15, 0.2) is 0 Å². The van der Waals surface area contributed by atoms with Gasteiger partial charge in [0.2, 0.25) is 0 Å². The van der Waals surface area contributed by atoms with Crippen LogP contribution in [-0.2, 0) is 24.1 Å². The molecule has 0 amide bonds. The van der Waals surface area contributed by atoms with Gasteiger partial charge in [0.1, 0.15) is 0 Å². The molecule has 0 radical (unpaired) electrons. The van der Waals surface area contributed by atoms with Crippen molar-refractivity contribution in [1.29, 1.82) is 0 Å². The van der Waals surface area contributed by atoms with Crippen LogP contribution in [-0.4, -0.2) is 11.1 Å². The smallest absolute Gasteiger partial charge is 0.307 e. The fourth-order valence-electron chi connectivity index (χ4n) is 3.93. The summed E-state index contributed by atoms with van der Waals surface area (Å²) < 4.78 is 0. The predicted octanol–water partition coefficient (Wildman–Crippen LogP) is 3.61. The van der Waals surface area contributed by atoms with Crippen molar-refractivity contribution in [2.24, 2.45) is 11.8 Å². The number of aliphatic carboxylic acids is 1. The Hall–Kier alpha value is -1.31. The Balaban J connectivity index is 1.70. The Kier molecular flexibility index (Phi) is 3.58. The number of hydrogen-bond acceptors (Lipinski definition) is 1. The highest BCUT2D eigenvalue weighted by atomic mass is 16.4. The van der Waals surface area contributed by atoms with E-state index in [4.69, 9.17) is 5.11 Å². The normalized spacial score (nSPS) is 23.3. The molecule has 3 rings (SSSR count). The highest BCUT2D eigenvalue weighted by Gasteiger charge is 2.29. The maximum atomic E-state index is 10.8. The van der Waals surface area contributed by atoms with Crippen molar-refractivity contribution in [3.63, 3.8) is 0 Å². The fraction of sp³-hybridized carbons (Fsp3) is 0.588. The maximum absolute atomic E-state index is 10.8. The summed E-state index contributed by atoms with van der Waals surface area (Å²) in [6, 6.07) is 6.29. The molecule has 2 aliphatic carbocycles. The lowest BCUT2D eigenvalue weighted by Gasteiger charge is -2.27. The molecule has 0 unspecified atom stereocenters. The summed E-state index contributed by atoms with van der Waals surface area (Å²) in [7, 11) is 0. The third-order valence-electron chi connectivity index (χ3n) is 4.91. The average Bonchev–Trinajstić information content (AvgIpc) is 2.82. The second kappa shape index (κ2) is 5.36. The molecule has 1 aromatic rings. The molecule has 0 aliphatic heterocycles. The Labute approximate surface area is 114 Å². The summed E-state index contributed by atoms with van der Waals surface area (Å²) >= 11 is 0. The van der Waals surface area contributed by atoms with Crippen LogP contribution in [0.5, 0.6) is 0 Å². The molecule has 102 valence electrons. The van der Waals surface area contributed by atoms with Crippen molar-refractivity contribution >= 4 is 5.97 Å². The lowest BCUT2D eigenvalue weighted by atomic mass is 9.79. The first-order valence-electron chi connectivity index (χ1n) is 7.55. The minimum atomic E-state index is -0.734. The lowest BCUT2D eigenvalue weighted by Crippen LogP contribution is -2.18. The monoisotopic (exact) mass is 258 g/mol. The molecule has 1 fully saturated rings. The number of benzene rings is 1. The van der Waals surface area contributed by atoms with Crippen molar-refractivity contribution in [2.45, 2.75) is 51.4 Å². The summed E-state index contributed by atoms with van der Waals surface area (Å²) in [4.78, 5) is 10.8. The Morgan fingerprint density at radius 3 is 2.53 bits per heavy atom. The van der Waals surface area contributed by atoms with Crippen LogP contribution in [0.3, 0.4) is 0 Å². The summed E-state index contributed by atoms with van der Waals surface area (Å²) in [5.74, 6) is 0.987. The molecule has 0 heterocycles. The van der Waals surface area contributed by atoms with Gasteiger partial charge in [-0.3, -0.25) is 4.79 Å². The Bertz CT molecular complexity index is 472. The minimum Gasteiger partial charge on any atom is -0.481 e. The molecule has 0 aromatic heterocycles. The van der Waals surface area contributed by atoms with Crippen LogP contribution in [0, 0.1) is 11.8 Å². The number of rotatable bonds is 3. The maximum Gasteiger partial charge on any atom is 0.307 e. The zero-order valence-corrected chi connectivity index (χ0v) is 11.4. The first-order valence-corrected chi connectivity index (χ1v) is 7.55. The second-order valence-electron chi connectivity index (χ2n) is 6.24. The molecule has 2 nitrogen and oxygen atoms in total. The molecule has 2 heteroatoms. The quantitative estimate of drug-likeness (QED) is 0.899. The van der Waals surface area contributed by atoms with Crippen LogP contribution in [0.25, 0.3) is 0 Å². The van der Waals surface area contributed by atoms with Gasteiger partial charge in [-0.1, -0.05) is 50.3 Å². The van der Waals surface area contributed by atoms with Crippen LogP contribution in [0.4, 0.5) is 0 Å². The van der Waals surface area contributed by atoms with E-state index in [9.17, 15) is 4.79 Å². The number of carbonyl (C=O) groups is 1. The van der Waals surface area contributed by atoms with Crippen LogP contribution in [0.15, 0.2) is 18.2 Å². The van der Waals surface area contributed by atoms with E-state index < -0.39 is 5.97 Å². The van der Waals surface area contributed by atoms with Gasteiger partial charge in [0.25, 0.3) is 0 Å². The van der Waals surface area contributed by atoms with Gasteiger partial charge in [-0.25, -0.2) is 0 Å². The molecule has 0 spiro atoms. The van der Waals surface area contributed by atoms with Gasteiger partial charge >= 0.3 is 5.97 Å². The van der Waals surface area contributed by atoms with Crippen LogP contribution in [0.2, 0.25) is 0 Å². The molecule has 1 N–H and O–H groups in total. The van der Waals surface area contributed by atoms with Crippen LogP contribution in [0.1, 0.15) is 48.8 Å². The number of carboxylic acid groups (broad SMARTS) is 1. The fourth-order valence-corrected chi connectivity index (χ4v) is 3.93. The lowest BCUT2D eigenvalue weighted by molar-refractivity contribution is -0.136. The van der Waals surface area contributed by atoms with Crippen molar-refractivity contribution in [2.75, 3.05) is 0 Å². The molecule has 1 aromatic carbocycles. The zero-order chi connectivity index (χ0) is 13.2. The largest absolute Gasteiger partial charge is 0.481 e. The van der Waals surface area contributed by atoms with E-state index in [0.29, 0.717) is 0 Å². The molecule has 1 atom stereocenters. The number of carboxylic acids is 1. The number of fused-ring (bicyclic) bond motifs is 1. The van der Waals surface area contributed by atoms with E-state index in [1.807, 2.05) is 6.07 Å². The molecule has 0 saturated heterocycles. The van der Waals surface area contributed by atoms with Crippen LogP contribution < -0.4 is 0 Å². The second-order valence-corrected chi connectivity index (χ2v) is 6.24. The van der Waals surface area contributed by atoms with E-state index in [1.165, 1.54) is 56.1 Å². The van der Waals surface area contributed by atoms with Gasteiger partial charge in [-0.15, -0.1) is 0 Å². The minimum absolute atomic E-state index is 0.154. The van der Waals surface area contributed by atoms with E-state index >= 15 is 0 Å². The van der Waals surface area contributed by atoms with E-state index in [2.05, 4.69) is 12.1 Å². The predicted molar refractivity (Wildman–Crippen MR) is 75.3 cm³/mol. The zero-order valence-electron chi connectivity index (χ0n) is 11.4. The first-order chi connectivity index (χ1) is 9.22. The molecule has 0 bridgehead atoms. The summed E-state index contributed by atoms with van der Waals surface area (Å²) in [5.41, 5.74) is 3.83. The SMILES string of the molecule is O=C(O)Cc1ccc2c(c1)C[C@@H](C1CCCCC1)C2. The van der Waals surface area contributed by atoms with E-state index in [-0.39, 0.29) is 6.42 Å². The molecule has 1 saturated carbocycles. The highest BCUT2D eigenvalue weighted by molar-refractivity contribution is 5.70. The standard InChI is InChI=1S/C17H22O2/c18-17(19)9-12-6-7-14-10-16(11-15(14)8-12)13-4-2-1-3-5-13/h6-8,13,16H,1-5,9-11H2,(H,18,19)/t16-/m0/s1. The first kappa shape index (κ1) is 12.7. The molecule has 19 heavy (non-hydrogen) atoms. The van der Waals surface area contributed by atoms with E-state index in [1.54, 1.807) is 0 Å². The van der Waals surface area contributed by atoms with Gasteiger partial charge in [-0.2, -0.15) is 0 Å². The van der Waals surface area contributed by atoms with Crippen molar-refractivity contribution in [3.05, 3.63) is 34.9 Å². The van der Waals surface area contributed by atoms with Gasteiger partial charge in [-0.05, 0) is 41.4 Å². The van der Waals surface area contributed by atoms with E-state index in [0.717, 1.165) is 17.4 Å². The van der Waals surface area contributed by atoms with Crippen molar-refractivity contribution in [1.82, 2.24) is 0 Å². The third kappa shape index (κ3) is 2.83. The van der Waals surface area contributed by atoms with Gasteiger partial charge in [0.05, 0.1) is 6.42 Å². The molecular formula is C17H22O2. The van der Waals surface area contributed by atoms with Gasteiger partial charge < -0.3 is 5.11 Å². The summed E-state index contributed by atoms with van der Waals surface area (Å²) in [6.45, 7) is 0. The highest BCUT2D eigenvalue weighted by Crippen LogP contribution is 2.38. The third-order valence-corrected chi connectivity index (χ3v) is 4.91. The molecule has 2 aliphatic rings. The Morgan fingerprint density at radius 2 is 1.79 bits per heavy atom. The van der Waals surface area contributed by atoms with Crippen molar-refractivity contribution in [3.8, 4) is 0 Å². The topological polar surface area (TPSA) is 37.3 Å². The summed E-state index contributed by atoms with van der Waals surface area (Å²) in [5, 5.41) is 8.87. The van der Waals surface area contributed by atoms with Crippen LogP contribution >= 0.6 is 0 Å². The number of hydrogen-bond donors (Lipinski definition) is 1.